The van der Waals surface area contributed by atoms with Gasteiger partial charge >= 0.3 is 5.97 Å². The van der Waals surface area contributed by atoms with E-state index in [4.69, 9.17) is 4.74 Å². The largest absolute Gasteiger partial charge is 0.467 e. The van der Waals surface area contributed by atoms with Gasteiger partial charge in [0.15, 0.2) is 0 Å². The standard InChI is InChI=1S/C14H22N4O2/c1-8(2)12(14(19)20-4)16-11-7-10(15-3)17-13(18-11)9-5-6-9/h7-9,12H,5-6H2,1-4H3,(H2,15,16,17,18). The number of esters is 1. The van der Waals surface area contributed by atoms with Gasteiger partial charge in [0.1, 0.15) is 23.5 Å². The Morgan fingerprint density at radius 2 is 2.00 bits per heavy atom. The molecule has 2 N–H and O–H groups in total. The molecule has 0 saturated heterocycles. The maximum absolute atomic E-state index is 11.8. The average Bonchev–Trinajstić information content (AvgIpc) is 3.27. The lowest BCUT2D eigenvalue weighted by Crippen LogP contribution is -2.35. The van der Waals surface area contributed by atoms with Crippen molar-refractivity contribution >= 4 is 17.6 Å². The number of hydrogen-bond donors (Lipinski definition) is 2. The van der Waals surface area contributed by atoms with Gasteiger partial charge in [-0.3, -0.25) is 0 Å². The summed E-state index contributed by atoms with van der Waals surface area (Å²) < 4.78 is 4.83. The Bertz CT molecular complexity index is 486. The second-order valence-electron chi connectivity index (χ2n) is 5.41. The summed E-state index contributed by atoms with van der Waals surface area (Å²) in [6.07, 6.45) is 2.27. The van der Waals surface area contributed by atoms with Gasteiger partial charge in [0.05, 0.1) is 7.11 Å². The Balaban J connectivity index is 2.22. The van der Waals surface area contributed by atoms with Gasteiger partial charge in [0, 0.05) is 19.0 Å². The highest BCUT2D eigenvalue weighted by Crippen LogP contribution is 2.38. The molecular weight excluding hydrogens is 256 g/mol. The Morgan fingerprint density at radius 3 is 2.50 bits per heavy atom. The number of nitrogens with one attached hydrogen (secondary N) is 2. The van der Waals surface area contributed by atoms with Crippen LogP contribution in [-0.4, -0.2) is 36.1 Å². The summed E-state index contributed by atoms with van der Waals surface area (Å²) in [7, 11) is 3.22. The summed E-state index contributed by atoms with van der Waals surface area (Å²) in [4.78, 5) is 20.8. The molecule has 0 bridgehead atoms. The molecule has 0 radical (unpaired) electrons. The minimum atomic E-state index is -0.411. The van der Waals surface area contributed by atoms with Crippen LogP contribution in [0.1, 0.15) is 38.4 Å². The fraction of sp³-hybridized carbons (Fsp3) is 0.643. The zero-order valence-corrected chi connectivity index (χ0v) is 12.4. The quantitative estimate of drug-likeness (QED) is 0.775. The van der Waals surface area contributed by atoms with Crippen LogP contribution < -0.4 is 10.6 Å². The van der Waals surface area contributed by atoms with Crippen LogP contribution in [0.5, 0.6) is 0 Å². The van der Waals surface area contributed by atoms with Gasteiger partial charge in [-0.05, 0) is 18.8 Å². The molecule has 1 saturated carbocycles. The third kappa shape index (κ3) is 3.37. The molecule has 1 atom stereocenters. The molecule has 1 aliphatic rings. The Hall–Kier alpha value is -1.85. The highest BCUT2D eigenvalue weighted by molar-refractivity contribution is 5.79. The highest BCUT2D eigenvalue weighted by atomic mass is 16.5. The van der Waals surface area contributed by atoms with Gasteiger partial charge in [-0.1, -0.05) is 13.8 Å². The van der Waals surface area contributed by atoms with Crippen molar-refractivity contribution in [2.45, 2.75) is 38.6 Å². The van der Waals surface area contributed by atoms with E-state index in [0.29, 0.717) is 11.7 Å². The first-order chi connectivity index (χ1) is 9.55. The second-order valence-corrected chi connectivity index (χ2v) is 5.41. The molecule has 6 nitrogen and oxygen atoms in total. The van der Waals surface area contributed by atoms with Crippen LogP contribution in [-0.2, 0) is 9.53 Å². The fourth-order valence-electron chi connectivity index (χ4n) is 1.98. The highest BCUT2D eigenvalue weighted by Gasteiger charge is 2.28. The van der Waals surface area contributed by atoms with Crippen molar-refractivity contribution in [3.05, 3.63) is 11.9 Å². The molecule has 1 aromatic heterocycles. The van der Waals surface area contributed by atoms with Crippen LogP contribution in [0, 0.1) is 5.92 Å². The van der Waals surface area contributed by atoms with Crippen LogP contribution in [0.2, 0.25) is 0 Å². The summed E-state index contributed by atoms with van der Waals surface area (Å²) in [5, 5.41) is 6.19. The van der Waals surface area contributed by atoms with Crippen molar-refractivity contribution in [2.75, 3.05) is 24.8 Å². The molecule has 1 unspecified atom stereocenters. The Morgan fingerprint density at radius 1 is 1.35 bits per heavy atom. The van der Waals surface area contributed by atoms with Crippen LogP contribution in [0.4, 0.5) is 11.6 Å². The number of carbonyl (C=O) groups is 1. The molecule has 1 heterocycles. The molecule has 2 rings (SSSR count). The van der Waals surface area contributed by atoms with Gasteiger partial charge < -0.3 is 15.4 Å². The number of anilines is 2. The van der Waals surface area contributed by atoms with Crippen molar-refractivity contribution in [2.24, 2.45) is 5.92 Å². The van der Waals surface area contributed by atoms with E-state index < -0.39 is 6.04 Å². The van der Waals surface area contributed by atoms with Crippen molar-refractivity contribution in [3.8, 4) is 0 Å². The predicted molar refractivity (Wildman–Crippen MR) is 77.8 cm³/mol. The number of hydrogen-bond acceptors (Lipinski definition) is 6. The van der Waals surface area contributed by atoms with E-state index in [1.54, 1.807) is 0 Å². The van der Waals surface area contributed by atoms with E-state index in [-0.39, 0.29) is 11.9 Å². The van der Waals surface area contributed by atoms with E-state index in [1.165, 1.54) is 7.11 Å². The predicted octanol–water partition coefficient (Wildman–Crippen LogP) is 2.01. The van der Waals surface area contributed by atoms with E-state index in [1.807, 2.05) is 27.0 Å². The molecule has 0 spiro atoms. The number of methoxy groups -OCH3 is 1. The minimum Gasteiger partial charge on any atom is -0.467 e. The molecule has 1 aromatic rings. The van der Waals surface area contributed by atoms with Gasteiger partial charge in [0.25, 0.3) is 0 Å². The lowest BCUT2D eigenvalue weighted by atomic mass is 10.0. The zero-order valence-electron chi connectivity index (χ0n) is 12.4. The monoisotopic (exact) mass is 278 g/mol. The molecule has 1 aliphatic carbocycles. The fourth-order valence-corrected chi connectivity index (χ4v) is 1.98. The first-order valence-corrected chi connectivity index (χ1v) is 6.96. The second kappa shape index (κ2) is 6.07. The summed E-state index contributed by atoms with van der Waals surface area (Å²) in [6.45, 7) is 3.94. The van der Waals surface area contributed by atoms with Crippen molar-refractivity contribution in [1.29, 1.82) is 0 Å². The van der Waals surface area contributed by atoms with Gasteiger partial charge in [-0.25, -0.2) is 14.8 Å². The molecule has 20 heavy (non-hydrogen) atoms. The van der Waals surface area contributed by atoms with Gasteiger partial charge in [-0.2, -0.15) is 0 Å². The normalized spacial score (nSPS) is 15.8. The number of carbonyl (C=O) groups excluding carboxylic acids is 1. The molecule has 0 aliphatic heterocycles. The third-order valence-electron chi connectivity index (χ3n) is 3.37. The zero-order chi connectivity index (χ0) is 14.7. The molecule has 0 amide bonds. The van der Waals surface area contributed by atoms with E-state index in [2.05, 4.69) is 20.6 Å². The lowest BCUT2D eigenvalue weighted by molar-refractivity contribution is -0.142. The summed E-state index contributed by atoms with van der Waals surface area (Å²) in [5.41, 5.74) is 0. The van der Waals surface area contributed by atoms with Crippen molar-refractivity contribution in [3.63, 3.8) is 0 Å². The van der Waals surface area contributed by atoms with Gasteiger partial charge in [-0.15, -0.1) is 0 Å². The molecule has 0 aromatic carbocycles. The topological polar surface area (TPSA) is 76.1 Å². The molecular formula is C14H22N4O2. The molecule has 6 heteroatoms. The Kier molecular flexibility index (Phi) is 4.42. The van der Waals surface area contributed by atoms with Crippen LogP contribution in [0.15, 0.2) is 6.07 Å². The first kappa shape index (κ1) is 14.6. The van der Waals surface area contributed by atoms with Crippen molar-refractivity contribution in [1.82, 2.24) is 9.97 Å². The van der Waals surface area contributed by atoms with E-state index in [0.717, 1.165) is 24.5 Å². The number of rotatable bonds is 6. The van der Waals surface area contributed by atoms with Crippen LogP contribution in [0.25, 0.3) is 0 Å². The molecule has 110 valence electrons. The van der Waals surface area contributed by atoms with Crippen molar-refractivity contribution < 1.29 is 9.53 Å². The van der Waals surface area contributed by atoms with Gasteiger partial charge in [0.2, 0.25) is 0 Å². The number of ether oxygens (including phenoxy) is 1. The van der Waals surface area contributed by atoms with E-state index in [9.17, 15) is 4.79 Å². The number of aromatic nitrogens is 2. The maximum Gasteiger partial charge on any atom is 0.328 e. The maximum atomic E-state index is 11.8. The number of nitrogens with zero attached hydrogens (tertiary/aromatic N) is 2. The summed E-state index contributed by atoms with van der Waals surface area (Å²) in [6, 6.07) is 1.40. The van der Waals surface area contributed by atoms with E-state index >= 15 is 0 Å². The smallest absolute Gasteiger partial charge is 0.328 e. The minimum absolute atomic E-state index is 0.111. The lowest BCUT2D eigenvalue weighted by Gasteiger charge is -2.21. The first-order valence-electron chi connectivity index (χ1n) is 6.96. The van der Waals surface area contributed by atoms with Crippen LogP contribution in [0.3, 0.4) is 0 Å². The Labute approximate surface area is 119 Å². The average molecular weight is 278 g/mol. The third-order valence-corrected chi connectivity index (χ3v) is 3.37. The van der Waals surface area contributed by atoms with Crippen LogP contribution >= 0.6 is 0 Å². The summed E-state index contributed by atoms with van der Waals surface area (Å²) >= 11 is 0. The molecule has 1 fully saturated rings. The SMILES string of the molecule is CNc1cc(NC(C(=O)OC)C(C)C)nc(C2CC2)n1. The summed E-state index contributed by atoms with van der Waals surface area (Å²) in [5.74, 6) is 2.55.